The molecule has 0 radical (unpaired) electrons. The van der Waals surface area contributed by atoms with Crippen molar-refractivity contribution in [3.8, 4) is 0 Å². The van der Waals surface area contributed by atoms with Gasteiger partial charge in [0.05, 0.1) is 25.4 Å². The average molecular weight is 882 g/mol. The van der Waals surface area contributed by atoms with Gasteiger partial charge in [-0.3, -0.25) is 9.59 Å². The van der Waals surface area contributed by atoms with E-state index in [4.69, 9.17) is 4.74 Å². The second kappa shape index (κ2) is 52.2. The highest BCUT2D eigenvalue weighted by atomic mass is 16.5. The van der Waals surface area contributed by atoms with Gasteiger partial charge in [0.25, 0.3) is 0 Å². The monoisotopic (exact) mass is 882 g/mol. The molecule has 0 aliphatic heterocycles. The molecule has 2 unspecified atom stereocenters. The van der Waals surface area contributed by atoms with Crippen molar-refractivity contribution in [2.24, 2.45) is 0 Å². The highest BCUT2D eigenvalue weighted by molar-refractivity contribution is 5.76. The van der Waals surface area contributed by atoms with E-state index in [9.17, 15) is 19.8 Å². The van der Waals surface area contributed by atoms with Gasteiger partial charge in [0, 0.05) is 12.8 Å². The van der Waals surface area contributed by atoms with Crippen molar-refractivity contribution in [3.63, 3.8) is 0 Å². The summed E-state index contributed by atoms with van der Waals surface area (Å²) in [5.74, 6) is -0.128. The van der Waals surface area contributed by atoms with Gasteiger partial charge in [0.2, 0.25) is 5.91 Å². The fourth-order valence-electron chi connectivity index (χ4n) is 7.86. The number of nitrogens with one attached hydrogen (secondary N) is 1. The molecule has 1 amide bonds. The standard InChI is InChI=1S/C57H103NO5/c1-3-5-7-9-11-13-15-26-31-35-39-43-47-51-57(62)63-52-48-44-40-36-32-28-25-23-21-19-17-18-20-22-24-27-30-34-38-42-46-50-56(61)58-54(53-59)55(60)49-45-41-37-33-29-16-14-12-10-8-6-4-2/h7,9,13,15,28,32,40,44-45,49,54-55,59-60H,3-6,8,10-12,14,16-27,29-31,33-39,41-43,46-48,50-53H2,1-2H3,(H,58,61)/b9-7-,15-13-,32-28-,44-40-,49-45+. The van der Waals surface area contributed by atoms with E-state index in [0.717, 1.165) is 64.2 Å². The van der Waals surface area contributed by atoms with Gasteiger partial charge in [-0.15, -0.1) is 0 Å². The van der Waals surface area contributed by atoms with E-state index < -0.39 is 12.1 Å². The molecule has 6 heteroatoms. The molecule has 0 rings (SSSR count). The van der Waals surface area contributed by atoms with E-state index in [1.165, 1.54) is 173 Å². The zero-order chi connectivity index (χ0) is 45.8. The normalized spacial score (nSPS) is 13.1. The molecule has 0 saturated carbocycles. The number of carbonyl (C=O) groups excluding carboxylic acids is 2. The Balaban J connectivity index is 3.49. The number of rotatable bonds is 49. The van der Waals surface area contributed by atoms with Gasteiger partial charge in [-0.05, 0) is 77.0 Å². The van der Waals surface area contributed by atoms with Gasteiger partial charge in [-0.2, -0.15) is 0 Å². The molecule has 0 heterocycles. The van der Waals surface area contributed by atoms with Gasteiger partial charge >= 0.3 is 5.97 Å². The third-order valence-corrected chi connectivity index (χ3v) is 12.0. The maximum Gasteiger partial charge on any atom is 0.305 e. The van der Waals surface area contributed by atoms with Crippen LogP contribution in [-0.4, -0.2) is 47.4 Å². The van der Waals surface area contributed by atoms with E-state index in [1.807, 2.05) is 6.08 Å². The molecular weight excluding hydrogens is 779 g/mol. The van der Waals surface area contributed by atoms with Gasteiger partial charge in [-0.1, -0.05) is 235 Å². The van der Waals surface area contributed by atoms with Crippen LogP contribution in [0.1, 0.15) is 264 Å². The van der Waals surface area contributed by atoms with Crippen molar-refractivity contribution in [1.29, 1.82) is 0 Å². The number of aliphatic hydroxyl groups is 2. The lowest BCUT2D eigenvalue weighted by Crippen LogP contribution is -2.45. The summed E-state index contributed by atoms with van der Waals surface area (Å²) in [5.41, 5.74) is 0. The number of hydrogen-bond acceptors (Lipinski definition) is 5. The third-order valence-electron chi connectivity index (χ3n) is 12.0. The molecule has 0 spiro atoms. The summed E-state index contributed by atoms with van der Waals surface area (Å²) in [4.78, 5) is 24.4. The molecule has 0 aromatic rings. The first-order chi connectivity index (χ1) is 31.0. The molecular formula is C57H103NO5. The first-order valence-corrected chi connectivity index (χ1v) is 27.1. The Morgan fingerprint density at radius 1 is 0.444 bits per heavy atom. The number of allylic oxidation sites excluding steroid dienone is 8. The lowest BCUT2D eigenvalue weighted by molar-refractivity contribution is -0.143. The maximum atomic E-state index is 12.4. The summed E-state index contributed by atoms with van der Waals surface area (Å²) >= 11 is 0. The van der Waals surface area contributed by atoms with Gasteiger partial charge in [0.1, 0.15) is 0 Å². The number of hydrogen-bond donors (Lipinski definition) is 3. The number of ether oxygens (including phenoxy) is 1. The Kier molecular flexibility index (Phi) is 50.2. The van der Waals surface area contributed by atoms with Crippen LogP contribution in [0.15, 0.2) is 60.8 Å². The minimum atomic E-state index is -0.848. The molecule has 0 saturated heterocycles. The van der Waals surface area contributed by atoms with E-state index in [-0.39, 0.29) is 18.5 Å². The molecule has 0 aliphatic carbocycles. The molecule has 0 fully saturated rings. The largest absolute Gasteiger partial charge is 0.465 e. The van der Waals surface area contributed by atoms with Crippen LogP contribution < -0.4 is 5.32 Å². The first-order valence-electron chi connectivity index (χ1n) is 27.1. The first kappa shape index (κ1) is 60.6. The van der Waals surface area contributed by atoms with Crippen LogP contribution in [0, 0.1) is 0 Å². The molecule has 0 aromatic carbocycles. The topological polar surface area (TPSA) is 95.9 Å². The predicted molar refractivity (Wildman–Crippen MR) is 273 cm³/mol. The zero-order valence-electron chi connectivity index (χ0n) is 41.5. The number of carbonyl (C=O) groups is 2. The Labute approximate surface area is 390 Å². The molecule has 3 N–H and O–H groups in total. The van der Waals surface area contributed by atoms with Crippen molar-refractivity contribution in [2.75, 3.05) is 13.2 Å². The predicted octanol–water partition coefficient (Wildman–Crippen LogP) is 16.4. The van der Waals surface area contributed by atoms with E-state index >= 15 is 0 Å². The minimum Gasteiger partial charge on any atom is -0.465 e. The molecule has 0 bridgehead atoms. The van der Waals surface area contributed by atoms with Crippen LogP contribution in [0.3, 0.4) is 0 Å². The summed E-state index contributed by atoms with van der Waals surface area (Å²) in [6, 6.07) is -0.632. The quantitative estimate of drug-likeness (QED) is 0.0321. The summed E-state index contributed by atoms with van der Waals surface area (Å²) in [5, 5.41) is 23.0. The number of aliphatic hydroxyl groups excluding tert-OH is 2. The van der Waals surface area contributed by atoms with Crippen molar-refractivity contribution >= 4 is 11.9 Å². The summed E-state index contributed by atoms with van der Waals surface area (Å²) < 4.78 is 5.39. The second-order valence-electron chi connectivity index (χ2n) is 18.2. The maximum absolute atomic E-state index is 12.4. The van der Waals surface area contributed by atoms with Gasteiger partial charge in [-0.25, -0.2) is 0 Å². The van der Waals surface area contributed by atoms with Crippen LogP contribution in [0.2, 0.25) is 0 Å². The highest BCUT2D eigenvalue weighted by Gasteiger charge is 2.18. The summed E-state index contributed by atoms with van der Waals surface area (Å²) in [6.45, 7) is 4.70. The van der Waals surface area contributed by atoms with E-state index in [0.29, 0.717) is 19.4 Å². The second-order valence-corrected chi connectivity index (χ2v) is 18.2. The Hall–Kier alpha value is -2.44. The summed E-state index contributed by atoms with van der Waals surface area (Å²) in [7, 11) is 0. The SMILES string of the molecule is CCC/C=C\C/C=C\CCCCCCCC(=O)OCC/C=C\C/C=C\CCCCCCCCCCCCCCCCC(=O)NC(CO)C(O)/C=C/CCCCCCCCCCCC. The van der Waals surface area contributed by atoms with Crippen LogP contribution in [-0.2, 0) is 14.3 Å². The lowest BCUT2D eigenvalue weighted by atomic mass is 10.0. The van der Waals surface area contributed by atoms with Crippen molar-refractivity contribution in [1.82, 2.24) is 5.32 Å². The summed E-state index contributed by atoms with van der Waals surface area (Å²) in [6.07, 6.45) is 66.8. The van der Waals surface area contributed by atoms with Crippen molar-refractivity contribution in [3.05, 3.63) is 60.8 Å². The van der Waals surface area contributed by atoms with Crippen LogP contribution in [0.5, 0.6) is 0 Å². The average Bonchev–Trinajstić information content (AvgIpc) is 3.28. The molecule has 366 valence electrons. The van der Waals surface area contributed by atoms with E-state index in [1.54, 1.807) is 6.08 Å². The van der Waals surface area contributed by atoms with Crippen LogP contribution in [0.4, 0.5) is 0 Å². The fraction of sp³-hybridized carbons (Fsp3) is 0.789. The van der Waals surface area contributed by atoms with Crippen molar-refractivity contribution in [2.45, 2.75) is 276 Å². The lowest BCUT2D eigenvalue weighted by Gasteiger charge is -2.20. The number of amides is 1. The Bertz CT molecular complexity index is 1110. The highest BCUT2D eigenvalue weighted by Crippen LogP contribution is 2.15. The van der Waals surface area contributed by atoms with Gasteiger partial charge in [0.15, 0.2) is 0 Å². The van der Waals surface area contributed by atoms with E-state index in [2.05, 4.69) is 67.8 Å². The molecule has 0 aliphatic rings. The number of unbranched alkanes of at least 4 members (excludes halogenated alkanes) is 30. The Morgan fingerprint density at radius 3 is 1.27 bits per heavy atom. The van der Waals surface area contributed by atoms with Crippen LogP contribution >= 0.6 is 0 Å². The molecule has 0 aromatic heterocycles. The smallest absolute Gasteiger partial charge is 0.305 e. The Morgan fingerprint density at radius 2 is 0.825 bits per heavy atom. The van der Waals surface area contributed by atoms with Crippen molar-refractivity contribution < 1.29 is 24.5 Å². The minimum absolute atomic E-state index is 0.0524. The van der Waals surface area contributed by atoms with Gasteiger partial charge < -0.3 is 20.3 Å². The molecule has 6 nitrogen and oxygen atoms in total. The third kappa shape index (κ3) is 48.8. The molecule has 63 heavy (non-hydrogen) atoms. The number of esters is 1. The molecule has 2 atom stereocenters. The van der Waals surface area contributed by atoms with Crippen LogP contribution in [0.25, 0.3) is 0 Å². The fourth-order valence-corrected chi connectivity index (χ4v) is 7.86. The zero-order valence-corrected chi connectivity index (χ0v) is 41.5.